The van der Waals surface area contributed by atoms with Gasteiger partial charge in [-0.1, -0.05) is 52.4 Å². The Hall–Kier alpha value is -3.85. The van der Waals surface area contributed by atoms with E-state index in [-0.39, 0.29) is 3.91 Å². The van der Waals surface area contributed by atoms with Gasteiger partial charge in [-0.2, -0.15) is 0 Å². The second kappa shape index (κ2) is 15.9. The Balaban J connectivity index is 2.03. The van der Waals surface area contributed by atoms with Gasteiger partial charge in [-0.15, -0.1) is 0 Å². The molecule has 4 rings (SSSR count). The molecule has 0 spiro atoms. The SMILES string of the molecule is COc1cccc([SiH2]C([SiH2]c2cccc(OC)c2OC)([SiH2]c2cccc(OC)c2OC)[SiH2]c2cccc(OC)c2OC)c1OC. The molecule has 0 saturated heterocycles. The van der Waals surface area contributed by atoms with Crippen molar-refractivity contribution in [2.24, 2.45) is 0 Å². The molecule has 240 valence electrons. The summed E-state index contributed by atoms with van der Waals surface area (Å²) in [5.41, 5.74) is 0. The summed E-state index contributed by atoms with van der Waals surface area (Å²) in [7, 11) is 9.51. The van der Waals surface area contributed by atoms with Crippen molar-refractivity contribution in [3.8, 4) is 46.0 Å². The molecule has 0 N–H and O–H groups in total. The van der Waals surface area contributed by atoms with Crippen molar-refractivity contribution in [3.05, 3.63) is 72.8 Å². The molecule has 0 amide bonds. The summed E-state index contributed by atoms with van der Waals surface area (Å²) in [6.45, 7) is 0. The summed E-state index contributed by atoms with van der Waals surface area (Å²) in [5, 5.41) is 4.98. The van der Waals surface area contributed by atoms with Crippen LogP contribution in [0.5, 0.6) is 46.0 Å². The van der Waals surface area contributed by atoms with E-state index in [2.05, 4.69) is 48.5 Å². The Bertz CT molecular complexity index is 1350. The maximum absolute atomic E-state index is 6.03. The van der Waals surface area contributed by atoms with Gasteiger partial charge in [0.1, 0.15) is 0 Å². The zero-order valence-corrected chi connectivity index (χ0v) is 33.2. The van der Waals surface area contributed by atoms with E-state index in [1.165, 1.54) is 20.7 Å². The molecule has 0 aliphatic rings. The van der Waals surface area contributed by atoms with Crippen LogP contribution in [0.25, 0.3) is 0 Å². The van der Waals surface area contributed by atoms with E-state index in [1.807, 2.05) is 24.3 Å². The van der Waals surface area contributed by atoms with Crippen molar-refractivity contribution in [2.45, 2.75) is 3.91 Å². The van der Waals surface area contributed by atoms with Gasteiger partial charge in [0, 0.05) is 0 Å². The van der Waals surface area contributed by atoms with Crippen molar-refractivity contribution >= 4 is 58.8 Å². The van der Waals surface area contributed by atoms with Crippen molar-refractivity contribution in [2.75, 3.05) is 56.9 Å². The molecule has 45 heavy (non-hydrogen) atoms. The fraction of sp³-hybridized carbons (Fsp3) is 0.273. The molecule has 0 aromatic heterocycles. The molecular formula is C33H44O8Si4. The first-order chi connectivity index (χ1) is 21.9. The number of benzene rings is 4. The highest BCUT2D eigenvalue weighted by molar-refractivity contribution is 7.07. The molecule has 0 radical (unpaired) electrons. The third-order valence-electron chi connectivity index (χ3n) is 8.20. The molecule has 0 fully saturated rings. The minimum Gasteiger partial charge on any atom is -0.493 e. The van der Waals surface area contributed by atoms with Crippen LogP contribution in [0.4, 0.5) is 0 Å². The summed E-state index contributed by atoms with van der Waals surface area (Å²) in [4.78, 5) is 0. The van der Waals surface area contributed by atoms with E-state index in [1.54, 1.807) is 56.9 Å². The smallest absolute Gasteiger partial charge is 0.160 e. The molecule has 12 heteroatoms. The molecule has 0 atom stereocenters. The van der Waals surface area contributed by atoms with Crippen LogP contribution in [0.3, 0.4) is 0 Å². The van der Waals surface area contributed by atoms with Crippen molar-refractivity contribution in [1.82, 2.24) is 0 Å². The largest absolute Gasteiger partial charge is 0.493 e. The summed E-state index contributed by atoms with van der Waals surface area (Å²) >= 11 is 0. The molecule has 0 aliphatic heterocycles. The Kier molecular flexibility index (Phi) is 12.0. The lowest BCUT2D eigenvalue weighted by atomic mass is 10.3. The van der Waals surface area contributed by atoms with Gasteiger partial charge in [0.15, 0.2) is 46.0 Å². The van der Waals surface area contributed by atoms with Crippen LogP contribution in [0.15, 0.2) is 72.8 Å². The number of hydrogen-bond donors (Lipinski definition) is 0. The third kappa shape index (κ3) is 7.52. The van der Waals surface area contributed by atoms with Crippen molar-refractivity contribution < 1.29 is 37.9 Å². The molecule has 0 aliphatic carbocycles. The predicted molar refractivity (Wildman–Crippen MR) is 194 cm³/mol. The second-order valence-electron chi connectivity index (χ2n) is 10.8. The number of hydrogen-bond acceptors (Lipinski definition) is 8. The van der Waals surface area contributed by atoms with Gasteiger partial charge >= 0.3 is 0 Å². The Morgan fingerprint density at radius 3 is 0.733 bits per heavy atom. The standard InChI is InChI=1S/C33H44O8Si4/c1-34-21-13-9-17-25(29(21)38-5)42-33(43-26-18-10-14-22(35-2)30(26)39-6,44-27-19-11-15-23(36-3)31(27)40-7)45-28-20-12-16-24(37-4)32(28)41-8/h9-20H,42-45H2,1-8H3. The monoisotopic (exact) mass is 680 g/mol. The Labute approximate surface area is 275 Å². The van der Waals surface area contributed by atoms with Crippen LogP contribution >= 0.6 is 0 Å². The summed E-state index contributed by atoms with van der Waals surface area (Å²) in [5.74, 6) is 6.27. The summed E-state index contributed by atoms with van der Waals surface area (Å²) in [6.07, 6.45) is 0. The topological polar surface area (TPSA) is 73.8 Å². The number of rotatable bonds is 16. The molecule has 4 aromatic carbocycles. The zero-order valence-electron chi connectivity index (χ0n) is 27.5. The van der Waals surface area contributed by atoms with Crippen molar-refractivity contribution in [3.63, 3.8) is 0 Å². The quantitative estimate of drug-likeness (QED) is 0.154. The first-order valence-electron chi connectivity index (χ1n) is 14.7. The van der Waals surface area contributed by atoms with Gasteiger partial charge in [-0.3, -0.25) is 0 Å². The van der Waals surface area contributed by atoms with Crippen molar-refractivity contribution in [1.29, 1.82) is 0 Å². The second-order valence-corrected chi connectivity index (χ2v) is 27.3. The highest BCUT2D eigenvalue weighted by atomic mass is 28.4. The molecule has 0 heterocycles. The molecule has 8 nitrogen and oxygen atoms in total. The first-order valence-corrected chi connectivity index (χ1v) is 20.4. The Morgan fingerprint density at radius 1 is 0.333 bits per heavy atom. The van der Waals surface area contributed by atoms with E-state index < -0.39 is 38.1 Å². The van der Waals surface area contributed by atoms with Crippen LogP contribution in [0, 0.1) is 0 Å². The van der Waals surface area contributed by atoms with E-state index >= 15 is 0 Å². The molecule has 4 aromatic rings. The Morgan fingerprint density at radius 2 is 0.556 bits per heavy atom. The number of ether oxygens (including phenoxy) is 8. The molecular weight excluding hydrogens is 637 g/mol. The van der Waals surface area contributed by atoms with E-state index in [9.17, 15) is 0 Å². The zero-order chi connectivity index (χ0) is 32.4. The highest BCUT2D eigenvalue weighted by Gasteiger charge is 2.38. The van der Waals surface area contributed by atoms with Gasteiger partial charge in [0.05, 0.1) is 95.0 Å². The van der Waals surface area contributed by atoms with E-state index in [4.69, 9.17) is 37.9 Å². The van der Waals surface area contributed by atoms with Crippen LogP contribution in [-0.2, 0) is 0 Å². The molecule has 0 bridgehead atoms. The summed E-state index contributed by atoms with van der Waals surface area (Å²) < 4.78 is 47.2. The van der Waals surface area contributed by atoms with E-state index in [0.717, 1.165) is 46.0 Å². The average molecular weight is 681 g/mol. The number of methoxy groups -OCH3 is 8. The van der Waals surface area contributed by atoms with Gasteiger partial charge < -0.3 is 37.9 Å². The maximum atomic E-state index is 6.03. The predicted octanol–water partition coefficient (Wildman–Crippen LogP) is 0.0636. The lowest BCUT2D eigenvalue weighted by molar-refractivity contribution is 0.357. The van der Waals surface area contributed by atoms with Gasteiger partial charge in [0.25, 0.3) is 0 Å². The first kappa shape index (κ1) is 34.0. The van der Waals surface area contributed by atoms with Crippen LogP contribution in [0.2, 0.25) is 3.91 Å². The number of para-hydroxylation sites is 4. The van der Waals surface area contributed by atoms with Gasteiger partial charge in [0.2, 0.25) is 0 Å². The fourth-order valence-electron chi connectivity index (χ4n) is 6.36. The molecule has 0 saturated carbocycles. The normalized spacial score (nSPS) is 13.2. The maximum Gasteiger partial charge on any atom is 0.160 e. The van der Waals surface area contributed by atoms with Crippen LogP contribution in [0.1, 0.15) is 0 Å². The van der Waals surface area contributed by atoms with Crippen LogP contribution < -0.4 is 58.6 Å². The fourth-order valence-corrected chi connectivity index (χ4v) is 25.2. The van der Waals surface area contributed by atoms with E-state index in [0.29, 0.717) is 0 Å². The molecule has 0 unspecified atom stereocenters. The minimum atomic E-state index is -1.04. The summed E-state index contributed by atoms with van der Waals surface area (Å²) in [6, 6.07) is 25.0. The highest BCUT2D eigenvalue weighted by Crippen LogP contribution is 2.34. The minimum absolute atomic E-state index is 0.0541. The average Bonchev–Trinajstić information content (AvgIpc) is 3.07. The lowest BCUT2D eigenvalue weighted by Gasteiger charge is -2.35. The van der Waals surface area contributed by atoms with Crippen LogP contribution in [-0.4, -0.2) is 95.0 Å². The van der Waals surface area contributed by atoms with Gasteiger partial charge in [-0.05, 0) is 45.0 Å². The third-order valence-corrected chi connectivity index (χ3v) is 24.0. The lowest BCUT2D eigenvalue weighted by Crippen LogP contribution is -2.54. The van der Waals surface area contributed by atoms with Gasteiger partial charge in [-0.25, -0.2) is 0 Å².